The van der Waals surface area contributed by atoms with Crippen LogP contribution >= 0.6 is 0 Å². The highest BCUT2D eigenvalue weighted by molar-refractivity contribution is 7.80. The van der Waals surface area contributed by atoms with Crippen LogP contribution in [0.25, 0.3) is 0 Å². The van der Waals surface area contributed by atoms with Gasteiger partial charge in [-0.25, -0.2) is 4.18 Å². The quantitative estimate of drug-likeness (QED) is 0.0198. The molecular weight excluding hydrogens is 813 g/mol. The molecule has 4 N–H and O–H groups in total. The molecular formula is C49H88O12S. The maximum absolute atomic E-state index is 12.9. The van der Waals surface area contributed by atoms with Gasteiger partial charge in [0.05, 0.1) is 19.8 Å². The standard InChI is InChI=1S/C49H88O12S/c1-3-5-7-9-11-13-15-17-19-21-23-25-27-29-31-33-35-37-39-57-41-43(42-58-49-47(53)48(61-62(54,55)56)46(52)44(40-50)60-49)59-45(51)38-36-34-32-30-28-26-24-22-20-18-16-14-12-10-8-6-4-2/h6,8,12,14,18,20,24,26,43-44,46-50,52-53H,3-5,7,9-11,13,15-17,19,21-23,25,27-42H2,1-2H3,(H,54,55,56)/b8-6-,14-12-,20-18-,26-24-. The normalized spacial score (nSPS) is 20.4. The molecule has 0 radical (unpaired) electrons. The van der Waals surface area contributed by atoms with Crippen molar-refractivity contribution in [2.45, 2.75) is 230 Å². The van der Waals surface area contributed by atoms with Crippen molar-refractivity contribution in [1.29, 1.82) is 0 Å². The van der Waals surface area contributed by atoms with Crippen LogP contribution in [0.4, 0.5) is 0 Å². The van der Waals surface area contributed by atoms with Crippen LogP contribution in [0.1, 0.15) is 194 Å². The van der Waals surface area contributed by atoms with Crippen molar-refractivity contribution in [3.05, 3.63) is 48.6 Å². The number of hydrogen-bond donors (Lipinski definition) is 4. The zero-order valence-corrected chi connectivity index (χ0v) is 39.5. The maximum Gasteiger partial charge on any atom is 0.397 e. The van der Waals surface area contributed by atoms with Crippen molar-refractivity contribution in [3.63, 3.8) is 0 Å². The first-order valence-corrected chi connectivity index (χ1v) is 25.8. The van der Waals surface area contributed by atoms with E-state index in [0.717, 1.165) is 70.6 Å². The summed E-state index contributed by atoms with van der Waals surface area (Å²) in [7, 11) is -5.07. The molecule has 13 heteroatoms. The number of allylic oxidation sites excluding steroid dienone is 8. The third kappa shape index (κ3) is 33.6. The SMILES string of the molecule is CC/C=C\C/C=C\C/C=C\C/C=C\CCCCCCC(=O)OC(COCCCCCCCCCCCCCCCCCCCC)COC1OC(CO)C(O)C(OS(=O)(=O)O)C1O. The van der Waals surface area contributed by atoms with E-state index >= 15 is 0 Å². The van der Waals surface area contributed by atoms with Gasteiger partial charge in [0.1, 0.15) is 30.5 Å². The summed E-state index contributed by atoms with van der Waals surface area (Å²) in [5, 5.41) is 30.7. The van der Waals surface area contributed by atoms with Crippen molar-refractivity contribution in [2.75, 3.05) is 26.4 Å². The predicted octanol–water partition coefficient (Wildman–Crippen LogP) is 10.7. The molecule has 1 saturated heterocycles. The zero-order valence-electron chi connectivity index (χ0n) is 38.7. The lowest BCUT2D eigenvalue weighted by molar-refractivity contribution is -0.301. The third-order valence-electron chi connectivity index (χ3n) is 11.0. The van der Waals surface area contributed by atoms with Crippen molar-refractivity contribution >= 4 is 16.4 Å². The van der Waals surface area contributed by atoms with Gasteiger partial charge in [-0.3, -0.25) is 9.35 Å². The number of hydrogen-bond acceptors (Lipinski definition) is 11. The van der Waals surface area contributed by atoms with Crippen LogP contribution in [-0.4, -0.2) is 97.5 Å². The Balaban J connectivity index is 2.40. The number of unbranched alkanes of at least 4 members (excludes halogenated alkanes) is 21. The molecule has 1 rings (SSSR count). The second-order valence-electron chi connectivity index (χ2n) is 16.7. The van der Waals surface area contributed by atoms with Gasteiger partial charge in [-0.2, -0.15) is 8.42 Å². The molecule has 362 valence electrons. The van der Waals surface area contributed by atoms with Gasteiger partial charge >= 0.3 is 16.4 Å². The summed E-state index contributed by atoms with van der Waals surface area (Å²) in [6.07, 6.45) is 40.0. The fourth-order valence-corrected chi connectivity index (χ4v) is 7.82. The molecule has 0 aromatic heterocycles. The number of aliphatic hydroxyl groups is 3. The van der Waals surface area contributed by atoms with Gasteiger partial charge in [0.15, 0.2) is 6.29 Å². The number of carbonyl (C=O) groups excluding carboxylic acids is 1. The van der Waals surface area contributed by atoms with Crippen LogP contribution in [0.5, 0.6) is 0 Å². The fraction of sp³-hybridized carbons (Fsp3) is 0.816. The van der Waals surface area contributed by atoms with Crippen LogP contribution in [-0.2, 0) is 38.3 Å². The van der Waals surface area contributed by atoms with Gasteiger partial charge in [0, 0.05) is 13.0 Å². The Bertz CT molecular complexity index is 1270. The Morgan fingerprint density at radius 1 is 0.629 bits per heavy atom. The summed E-state index contributed by atoms with van der Waals surface area (Å²) < 4.78 is 59.1. The van der Waals surface area contributed by atoms with Crippen LogP contribution in [0.2, 0.25) is 0 Å². The number of carbonyl (C=O) groups is 1. The Morgan fingerprint density at radius 2 is 1.11 bits per heavy atom. The highest BCUT2D eigenvalue weighted by Gasteiger charge is 2.48. The summed E-state index contributed by atoms with van der Waals surface area (Å²) in [6.45, 7) is 3.87. The second-order valence-corrected chi connectivity index (χ2v) is 17.7. The van der Waals surface area contributed by atoms with Gasteiger partial charge in [-0.15, -0.1) is 0 Å². The molecule has 0 bridgehead atoms. The third-order valence-corrected chi connectivity index (χ3v) is 11.4. The molecule has 62 heavy (non-hydrogen) atoms. The average molecular weight is 901 g/mol. The van der Waals surface area contributed by atoms with Crippen molar-refractivity contribution in [1.82, 2.24) is 0 Å². The summed E-state index contributed by atoms with van der Waals surface area (Å²) in [6, 6.07) is 0. The van der Waals surface area contributed by atoms with Gasteiger partial charge < -0.3 is 34.3 Å². The first-order chi connectivity index (χ1) is 30.1. The molecule has 0 amide bonds. The first-order valence-electron chi connectivity index (χ1n) is 24.4. The van der Waals surface area contributed by atoms with E-state index in [1.54, 1.807) is 0 Å². The van der Waals surface area contributed by atoms with Gasteiger partial charge in [-0.05, 0) is 51.4 Å². The van der Waals surface area contributed by atoms with E-state index in [9.17, 15) is 33.1 Å². The zero-order chi connectivity index (χ0) is 45.4. The molecule has 1 aliphatic heterocycles. The minimum atomic E-state index is -5.07. The summed E-state index contributed by atoms with van der Waals surface area (Å²) >= 11 is 0. The number of esters is 1. The molecule has 6 unspecified atom stereocenters. The van der Waals surface area contributed by atoms with Crippen molar-refractivity contribution < 1.29 is 56.2 Å². The molecule has 0 aliphatic carbocycles. The molecule has 12 nitrogen and oxygen atoms in total. The predicted molar refractivity (Wildman–Crippen MR) is 248 cm³/mol. The van der Waals surface area contributed by atoms with Crippen molar-refractivity contribution in [3.8, 4) is 0 Å². The molecule has 1 fully saturated rings. The molecule has 6 atom stereocenters. The van der Waals surface area contributed by atoms with Crippen LogP contribution in [0, 0.1) is 0 Å². The Kier molecular flexibility index (Phi) is 38.0. The summed E-state index contributed by atoms with van der Waals surface area (Å²) in [5.74, 6) is -0.421. The van der Waals surface area contributed by atoms with E-state index in [0.29, 0.717) is 13.0 Å². The molecule has 0 aromatic carbocycles. The Labute approximate surface area is 376 Å². The highest BCUT2D eigenvalue weighted by Crippen LogP contribution is 2.26. The average Bonchev–Trinajstić information content (AvgIpc) is 3.24. The van der Waals surface area contributed by atoms with E-state index in [1.165, 1.54) is 96.3 Å². The lowest BCUT2D eigenvalue weighted by atomic mass is 9.99. The van der Waals surface area contributed by atoms with E-state index in [1.807, 2.05) is 0 Å². The monoisotopic (exact) mass is 901 g/mol. The van der Waals surface area contributed by atoms with Gasteiger partial charge in [0.25, 0.3) is 0 Å². The molecule has 0 spiro atoms. The molecule has 0 saturated carbocycles. The van der Waals surface area contributed by atoms with Crippen LogP contribution in [0.15, 0.2) is 48.6 Å². The largest absolute Gasteiger partial charge is 0.457 e. The van der Waals surface area contributed by atoms with E-state index in [2.05, 4.69) is 66.6 Å². The molecule has 1 aliphatic rings. The minimum absolute atomic E-state index is 0.0272. The lowest BCUT2D eigenvalue weighted by Gasteiger charge is -2.41. The van der Waals surface area contributed by atoms with Crippen LogP contribution < -0.4 is 0 Å². The smallest absolute Gasteiger partial charge is 0.397 e. The second kappa shape index (κ2) is 40.6. The van der Waals surface area contributed by atoms with E-state index in [4.69, 9.17) is 18.9 Å². The van der Waals surface area contributed by atoms with E-state index < -0.39 is 59.8 Å². The Morgan fingerprint density at radius 3 is 1.63 bits per heavy atom. The number of rotatable bonds is 42. The van der Waals surface area contributed by atoms with Gasteiger partial charge in [0.2, 0.25) is 0 Å². The topological polar surface area (TPSA) is 178 Å². The fourth-order valence-electron chi connectivity index (χ4n) is 7.31. The summed E-state index contributed by atoms with van der Waals surface area (Å²) in [4.78, 5) is 12.9. The number of ether oxygens (including phenoxy) is 4. The maximum atomic E-state index is 12.9. The first kappa shape index (κ1) is 58.1. The molecule has 0 aromatic rings. The highest BCUT2D eigenvalue weighted by atomic mass is 32.3. The van der Waals surface area contributed by atoms with Gasteiger partial charge in [-0.1, -0.05) is 184 Å². The van der Waals surface area contributed by atoms with E-state index in [-0.39, 0.29) is 19.6 Å². The lowest BCUT2D eigenvalue weighted by Crippen LogP contribution is -2.60. The number of aliphatic hydroxyl groups excluding tert-OH is 3. The molecule has 1 heterocycles. The van der Waals surface area contributed by atoms with Crippen LogP contribution in [0.3, 0.4) is 0 Å². The Hall–Kier alpha value is -1.94. The minimum Gasteiger partial charge on any atom is -0.457 e. The summed E-state index contributed by atoms with van der Waals surface area (Å²) in [5.41, 5.74) is 0. The van der Waals surface area contributed by atoms with Crippen molar-refractivity contribution in [2.24, 2.45) is 0 Å².